The lowest BCUT2D eigenvalue weighted by Crippen LogP contribution is -2.07. The zero-order valence-electron chi connectivity index (χ0n) is 14.8. The van der Waals surface area contributed by atoms with Crippen molar-refractivity contribution >= 4 is 17.9 Å². The molecule has 29 heavy (non-hydrogen) atoms. The lowest BCUT2D eigenvalue weighted by Gasteiger charge is -2.10. The van der Waals surface area contributed by atoms with E-state index in [4.69, 9.17) is 9.47 Å². The Balaban J connectivity index is 1.87. The maximum Gasteiger partial charge on any atom is 0.387 e. The molecule has 0 amide bonds. The average molecular weight is 411 g/mol. The summed E-state index contributed by atoms with van der Waals surface area (Å²) in [5, 5.41) is 0. The van der Waals surface area contributed by atoms with Crippen molar-refractivity contribution in [3.8, 4) is 17.2 Å². The van der Waals surface area contributed by atoms with Crippen LogP contribution in [0, 0.1) is 0 Å². The topological polar surface area (TPSA) is 66.3 Å². The Morgan fingerprint density at radius 1 is 1.00 bits per heavy atom. The summed E-state index contributed by atoms with van der Waals surface area (Å²) >= 11 is 0. The Morgan fingerprint density at radius 2 is 1.76 bits per heavy atom. The second-order valence-electron chi connectivity index (χ2n) is 5.53. The fraction of sp³-hybridized carbons (Fsp3) is 0.158. The monoisotopic (exact) mass is 411 g/mol. The van der Waals surface area contributed by atoms with Crippen LogP contribution < -0.4 is 14.2 Å². The lowest BCUT2D eigenvalue weighted by molar-refractivity contribution is -0.129. The van der Waals surface area contributed by atoms with Gasteiger partial charge in [-0.15, -0.1) is 0 Å². The number of rotatable bonds is 7. The zero-order valence-corrected chi connectivity index (χ0v) is 14.8. The van der Waals surface area contributed by atoms with Gasteiger partial charge in [-0.3, -0.25) is 0 Å². The van der Waals surface area contributed by atoms with Gasteiger partial charge in [0, 0.05) is 5.56 Å². The van der Waals surface area contributed by atoms with Crippen LogP contribution in [0.5, 0.6) is 17.2 Å². The second-order valence-corrected chi connectivity index (χ2v) is 5.53. The summed E-state index contributed by atoms with van der Waals surface area (Å²) in [6, 6.07) is 9.57. The summed E-state index contributed by atoms with van der Waals surface area (Å²) in [5.74, 6) is -1.11. The summed E-state index contributed by atoms with van der Waals surface area (Å²) < 4.78 is 68.2. The largest absolute Gasteiger partial charge is 0.493 e. The van der Waals surface area contributed by atoms with Crippen LogP contribution in [0.2, 0.25) is 0 Å². The maximum absolute atomic E-state index is 12.4. The van der Waals surface area contributed by atoms with E-state index in [-0.39, 0.29) is 34.4 Å². The van der Waals surface area contributed by atoms with Crippen molar-refractivity contribution in [2.75, 3.05) is 7.11 Å². The highest BCUT2D eigenvalue weighted by atomic mass is 19.3. The van der Waals surface area contributed by atoms with Crippen molar-refractivity contribution in [1.29, 1.82) is 0 Å². The van der Waals surface area contributed by atoms with Crippen LogP contribution in [0.1, 0.15) is 11.1 Å². The normalized spacial score (nSPS) is 14.9. The minimum atomic E-state index is -3.02. The molecule has 10 heteroatoms. The number of esters is 1. The third-order valence-corrected chi connectivity index (χ3v) is 3.63. The highest BCUT2D eigenvalue weighted by Gasteiger charge is 2.25. The van der Waals surface area contributed by atoms with Crippen molar-refractivity contribution in [3.05, 3.63) is 59.3 Å². The fourth-order valence-corrected chi connectivity index (χ4v) is 2.46. The Morgan fingerprint density at radius 3 is 2.45 bits per heavy atom. The summed E-state index contributed by atoms with van der Waals surface area (Å²) in [6.45, 7) is -6.02. The highest BCUT2D eigenvalue weighted by molar-refractivity contribution is 6.13. The molecular weight excluding hydrogens is 398 g/mol. The SMILES string of the molecule is COc1cc(/C=C2\N=C(c3cccc(OC(F)F)c3)OC2=O)ccc1OC(F)F. The van der Waals surface area contributed by atoms with Crippen LogP contribution in [0.15, 0.2) is 53.2 Å². The van der Waals surface area contributed by atoms with Crippen molar-refractivity contribution in [2.45, 2.75) is 13.2 Å². The van der Waals surface area contributed by atoms with Crippen LogP contribution in [0.3, 0.4) is 0 Å². The van der Waals surface area contributed by atoms with Gasteiger partial charge < -0.3 is 18.9 Å². The van der Waals surface area contributed by atoms with Gasteiger partial charge in [0.15, 0.2) is 17.2 Å². The molecule has 0 aliphatic carbocycles. The van der Waals surface area contributed by atoms with Crippen LogP contribution in [0.25, 0.3) is 6.08 Å². The second kappa shape index (κ2) is 8.63. The number of nitrogens with zero attached hydrogens (tertiary/aromatic N) is 1. The van der Waals surface area contributed by atoms with Crippen molar-refractivity contribution in [2.24, 2.45) is 4.99 Å². The standard InChI is InChI=1S/C19H13F4NO5/c1-26-15-8-10(5-6-14(15)28-19(22)23)7-13-17(25)29-16(24-13)11-3-2-4-12(9-11)27-18(20)21/h2-9,18-19H,1H3/b13-7-. The molecule has 0 N–H and O–H groups in total. The van der Waals surface area contributed by atoms with Crippen LogP contribution in [0.4, 0.5) is 17.6 Å². The van der Waals surface area contributed by atoms with Gasteiger partial charge in [-0.1, -0.05) is 12.1 Å². The van der Waals surface area contributed by atoms with Crippen molar-refractivity contribution < 1.29 is 41.3 Å². The fourth-order valence-electron chi connectivity index (χ4n) is 2.46. The molecule has 2 aromatic rings. The van der Waals surface area contributed by atoms with E-state index in [1.54, 1.807) is 0 Å². The molecule has 0 bridgehead atoms. The van der Waals surface area contributed by atoms with Gasteiger partial charge in [-0.25, -0.2) is 9.79 Å². The summed E-state index contributed by atoms with van der Waals surface area (Å²) in [6.07, 6.45) is 1.35. The molecule has 152 valence electrons. The number of aliphatic imine (C=N–C) groups is 1. The molecule has 1 heterocycles. The van der Waals surface area contributed by atoms with E-state index in [1.807, 2.05) is 0 Å². The number of halogens is 4. The molecule has 1 aliphatic heterocycles. The van der Waals surface area contributed by atoms with Crippen molar-refractivity contribution in [3.63, 3.8) is 0 Å². The van der Waals surface area contributed by atoms with Crippen LogP contribution >= 0.6 is 0 Å². The molecule has 2 aromatic carbocycles. The quantitative estimate of drug-likeness (QED) is 0.387. The molecule has 0 spiro atoms. The van der Waals surface area contributed by atoms with E-state index in [2.05, 4.69) is 14.5 Å². The maximum atomic E-state index is 12.4. The van der Waals surface area contributed by atoms with Crippen molar-refractivity contribution in [1.82, 2.24) is 0 Å². The molecule has 6 nitrogen and oxygen atoms in total. The van der Waals surface area contributed by atoms with Gasteiger partial charge in [-0.05, 0) is 42.0 Å². The predicted octanol–water partition coefficient (Wildman–Crippen LogP) is 4.24. The Kier molecular flexibility index (Phi) is 6.01. The molecule has 0 saturated heterocycles. The van der Waals surface area contributed by atoms with E-state index in [9.17, 15) is 22.4 Å². The highest BCUT2D eigenvalue weighted by Crippen LogP contribution is 2.31. The first-order valence-corrected chi connectivity index (χ1v) is 8.06. The van der Waals surface area contributed by atoms with Gasteiger partial charge in [0.05, 0.1) is 7.11 Å². The van der Waals surface area contributed by atoms with Gasteiger partial charge in [0.2, 0.25) is 5.90 Å². The smallest absolute Gasteiger partial charge is 0.387 e. The Hall–Kier alpha value is -3.56. The number of methoxy groups -OCH3 is 1. The first kappa shape index (κ1) is 20.2. The first-order valence-electron chi connectivity index (χ1n) is 8.06. The number of carbonyl (C=O) groups excluding carboxylic acids is 1. The van der Waals surface area contributed by atoms with E-state index < -0.39 is 19.2 Å². The number of alkyl halides is 4. The third kappa shape index (κ3) is 5.03. The number of hydrogen-bond acceptors (Lipinski definition) is 6. The molecule has 0 unspecified atom stereocenters. The number of benzene rings is 2. The Bertz CT molecular complexity index is 975. The molecule has 0 fully saturated rings. The number of hydrogen-bond donors (Lipinski definition) is 0. The first-order chi connectivity index (χ1) is 13.9. The molecular formula is C19H13F4NO5. The lowest BCUT2D eigenvalue weighted by atomic mass is 10.1. The molecule has 0 saturated carbocycles. The Labute approximate surface area is 162 Å². The van der Waals surface area contributed by atoms with Crippen LogP contribution in [-0.4, -0.2) is 32.2 Å². The third-order valence-electron chi connectivity index (χ3n) is 3.63. The van der Waals surface area contributed by atoms with E-state index in [0.717, 1.165) is 0 Å². The molecule has 0 atom stereocenters. The van der Waals surface area contributed by atoms with E-state index >= 15 is 0 Å². The summed E-state index contributed by atoms with van der Waals surface area (Å²) in [7, 11) is 1.28. The number of ether oxygens (including phenoxy) is 4. The summed E-state index contributed by atoms with van der Waals surface area (Å²) in [5.41, 5.74) is 0.595. The molecule has 0 radical (unpaired) electrons. The predicted molar refractivity (Wildman–Crippen MR) is 93.3 cm³/mol. The number of cyclic esters (lactones) is 1. The van der Waals surface area contributed by atoms with Crippen LogP contribution in [-0.2, 0) is 9.53 Å². The number of carbonyl (C=O) groups is 1. The van der Waals surface area contributed by atoms with E-state index in [1.165, 1.54) is 55.7 Å². The average Bonchev–Trinajstić information content (AvgIpc) is 3.03. The minimum Gasteiger partial charge on any atom is -0.493 e. The van der Waals surface area contributed by atoms with Gasteiger partial charge in [-0.2, -0.15) is 17.6 Å². The summed E-state index contributed by atoms with van der Waals surface area (Å²) in [4.78, 5) is 16.1. The van der Waals surface area contributed by atoms with Gasteiger partial charge >= 0.3 is 19.2 Å². The molecule has 1 aliphatic rings. The van der Waals surface area contributed by atoms with E-state index in [0.29, 0.717) is 5.56 Å². The molecule has 0 aromatic heterocycles. The molecule has 3 rings (SSSR count). The van der Waals surface area contributed by atoms with Gasteiger partial charge in [0.25, 0.3) is 0 Å². The van der Waals surface area contributed by atoms with Gasteiger partial charge in [0.1, 0.15) is 5.75 Å². The minimum absolute atomic E-state index is 0.0343. The zero-order chi connectivity index (χ0) is 21.0.